The molecule has 0 unspecified atom stereocenters. The van der Waals surface area contributed by atoms with E-state index in [0.717, 1.165) is 34.4 Å². The summed E-state index contributed by atoms with van der Waals surface area (Å²) >= 11 is 1.76. The van der Waals surface area contributed by atoms with E-state index in [2.05, 4.69) is 4.99 Å². The molecular weight excluding hydrogens is 210 g/mol. The van der Waals surface area contributed by atoms with Crippen LogP contribution in [-0.2, 0) is 0 Å². The standard InChI is InChI=1S/C11H13NO2S/c1-13-8-3-4-10(14-2)9(7-8)11-12-5-6-15-11/h3-4,7H,5-6H2,1-2H3. The molecule has 0 saturated heterocycles. The minimum Gasteiger partial charge on any atom is -0.497 e. The molecule has 0 spiro atoms. The average molecular weight is 223 g/mol. The quantitative estimate of drug-likeness (QED) is 0.787. The molecule has 1 aromatic rings. The number of nitrogens with zero attached hydrogens (tertiary/aromatic N) is 1. The van der Waals surface area contributed by atoms with Gasteiger partial charge in [0.15, 0.2) is 0 Å². The van der Waals surface area contributed by atoms with Gasteiger partial charge in [-0.05, 0) is 18.2 Å². The maximum absolute atomic E-state index is 5.31. The van der Waals surface area contributed by atoms with E-state index in [0.29, 0.717) is 0 Å². The second-order valence-electron chi connectivity index (χ2n) is 3.10. The summed E-state index contributed by atoms with van der Waals surface area (Å²) in [6.45, 7) is 0.889. The van der Waals surface area contributed by atoms with Gasteiger partial charge in [0.1, 0.15) is 16.5 Å². The molecule has 15 heavy (non-hydrogen) atoms. The Morgan fingerprint density at radius 2 is 2.13 bits per heavy atom. The van der Waals surface area contributed by atoms with Crippen molar-refractivity contribution in [3.63, 3.8) is 0 Å². The van der Waals surface area contributed by atoms with E-state index < -0.39 is 0 Å². The van der Waals surface area contributed by atoms with Gasteiger partial charge in [-0.1, -0.05) is 0 Å². The lowest BCUT2D eigenvalue weighted by atomic mass is 10.2. The molecule has 1 heterocycles. The number of benzene rings is 1. The smallest absolute Gasteiger partial charge is 0.129 e. The van der Waals surface area contributed by atoms with Crippen LogP contribution in [-0.4, -0.2) is 31.6 Å². The first-order chi connectivity index (χ1) is 7.35. The minimum atomic E-state index is 0.834. The zero-order chi connectivity index (χ0) is 10.7. The number of ether oxygens (including phenoxy) is 2. The molecule has 0 atom stereocenters. The highest BCUT2D eigenvalue weighted by Crippen LogP contribution is 2.30. The number of rotatable bonds is 3. The Kier molecular flexibility index (Phi) is 3.16. The zero-order valence-electron chi connectivity index (χ0n) is 8.82. The Morgan fingerprint density at radius 3 is 2.73 bits per heavy atom. The highest BCUT2D eigenvalue weighted by molar-refractivity contribution is 8.14. The van der Waals surface area contributed by atoms with Gasteiger partial charge in [0.05, 0.1) is 19.8 Å². The largest absolute Gasteiger partial charge is 0.497 e. The lowest BCUT2D eigenvalue weighted by Crippen LogP contribution is -1.98. The van der Waals surface area contributed by atoms with Crippen molar-refractivity contribution in [3.8, 4) is 11.5 Å². The van der Waals surface area contributed by atoms with Crippen LogP contribution in [0.3, 0.4) is 0 Å². The van der Waals surface area contributed by atoms with E-state index in [1.54, 1.807) is 26.0 Å². The first-order valence-electron chi connectivity index (χ1n) is 4.75. The van der Waals surface area contributed by atoms with Crippen LogP contribution in [0.4, 0.5) is 0 Å². The topological polar surface area (TPSA) is 30.8 Å². The van der Waals surface area contributed by atoms with Crippen molar-refractivity contribution in [1.82, 2.24) is 0 Å². The van der Waals surface area contributed by atoms with Gasteiger partial charge in [0, 0.05) is 12.3 Å². The van der Waals surface area contributed by atoms with Crippen LogP contribution in [0.15, 0.2) is 23.2 Å². The number of hydrogen-bond donors (Lipinski definition) is 0. The molecule has 0 aromatic heterocycles. The summed E-state index contributed by atoms with van der Waals surface area (Å²) in [5.41, 5.74) is 1.03. The van der Waals surface area contributed by atoms with E-state index in [9.17, 15) is 0 Å². The second kappa shape index (κ2) is 4.57. The highest BCUT2D eigenvalue weighted by atomic mass is 32.2. The van der Waals surface area contributed by atoms with E-state index in [-0.39, 0.29) is 0 Å². The number of hydrogen-bond acceptors (Lipinski definition) is 4. The molecule has 0 N–H and O–H groups in total. The Hall–Kier alpha value is -1.16. The maximum Gasteiger partial charge on any atom is 0.129 e. The highest BCUT2D eigenvalue weighted by Gasteiger charge is 2.15. The molecule has 0 saturated carbocycles. The number of methoxy groups -OCH3 is 2. The average Bonchev–Trinajstić information content (AvgIpc) is 2.81. The SMILES string of the molecule is COc1ccc(OC)c(C2=NCCS2)c1. The van der Waals surface area contributed by atoms with Crippen LogP contribution in [0.25, 0.3) is 0 Å². The molecule has 0 amide bonds. The van der Waals surface area contributed by atoms with Crippen molar-refractivity contribution in [2.45, 2.75) is 0 Å². The van der Waals surface area contributed by atoms with Gasteiger partial charge >= 0.3 is 0 Å². The molecule has 1 aliphatic heterocycles. The molecule has 2 rings (SSSR count). The lowest BCUT2D eigenvalue weighted by Gasteiger charge is -2.09. The molecule has 0 fully saturated rings. The van der Waals surface area contributed by atoms with Crippen molar-refractivity contribution >= 4 is 16.8 Å². The van der Waals surface area contributed by atoms with Crippen LogP contribution in [0.2, 0.25) is 0 Å². The van der Waals surface area contributed by atoms with Gasteiger partial charge in [-0.2, -0.15) is 0 Å². The normalized spacial score (nSPS) is 14.9. The first kappa shape index (κ1) is 10.4. The minimum absolute atomic E-state index is 0.834. The molecule has 0 bridgehead atoms. The van der Waals surface area contributed by atoms with Crippen molar-refractivity contribution in [2.24, 2.45) is 4.99 Å². The molecule has 0 radical (unpaired) electrons. The van der Waals surface area contributed by atoms with Crippen LogP contribution in [0.5, 0.6) is 11.5 Å². The predicted octanol–water partition coefficient (Wildman–Crippen LogP) is 2.20. The van der Waals surface area contributed by atoms with Crippen molar-refractivity contribution in [2.75, 3.05) is 26.5 Å². The fourth-order valence-electron chi connectivity index (χ4n) is 1.48. The summed E-state index contributed by atoms with van der Waals surface area (Å²) in [7, 11) is 3.33. The third kappa shape index (κ3) is 2.09. The summed E-state index contributed by atoms with van der Waals surface area (Å²) in [6, 6.07) is 5.77. The molecule has 80 valence electrons. The van der Waals surface area contributed by atoms with Crippen LogP contribution in [0, 0.1) is 0 Å². The Morgan fingerprint density at radius 1 is 1.27 bits per heavy atom. The van der Waals surface area contributed by atoms with Gasteiger partial charge < -0.3 is 9.47 Å². The Bertz CT molecular complexity index is 390. The van der Waals surface area contributed by atoms with Crippen molar-refractivity contribution in [3.05, 3.63) is 23.8 Å². The molecule has 3 nitrogen and oxygen atoms in total. The summed E-state index contributed by atoms with van der Waals surface area (Å²) < 4.78 is 10.5. The van der Waals surface area contributed by atoms with Gasteiger partial charge in [-0.15, -0.1) is 11.8 Å². The van der Waals surface area contributed by atoms with Crippen LogP contribution < -0.4 is 9.47 Å². The molecule has 1 aliphatic rings. The fourth-order valence-corrected chi connectivity index (χ4v) is 2.35. The van der Waals surface area contributed by atoms with Crippen molar-refractivity contribution < 1.29 is 9.47 Å². The third-order valence-corrected chi connectivity index (χ3v) is 3.23. The second-order valence-corrected chi connectivity index (χ2v) is 4.19. The molecular formula is C11H13NO2S. The van der Waals surface area contributed by atoms with Gasteiger partial charge in [0.25, 0.3) is 0 Å². The van der Waals surface area contributed by atoms with E-state index in [1.165, 1.54) is 0 Å². The first-order valence-corrected chi connectivity index (χ1v) is 5.73. The van der Waals surface area contributed by atoms with E-state index in [4.69, 9.17) is 9.47 Å². The number of aliphatic imine (C=N–C) groups is 1. The monoisotopic (exact) mass is 223 g/mol. The summed E-state index contributed by atoms with van der Waals surface area (Å²) in [5, 5.41) is 1.05. The van der Waals surface area contributed by atoms with E-state index >= 15 is 0 Å². The molecule has 4 heteroatoms. The van der Waals surface area contributed by atoms with Crippen LogP contribution >= 0.6 is 11.8 Å². The maximum atomic E-state index is 5.31. The molecule has 0 aliphatic carbocycles. The summed E-state index contributed by atoms with van der Waals surface area (Å²) in [6.07, 6.45) is 0. The third-order valence-electron chi connectivity index (χ3n) is 2.22. The Labute approximate surface area is 93.5 Å². The van der Waals surface area contributed by atoms with E-state index in [1.807, 2.05) is 18.2 Å². The van der Waals surface area contributed by atoms with Gasteiger partial charge in [-0.3, -0.25) is 4.99 Å². The predicted molar refractivity (Wildman–Crippen MR) is 63.4 cm³/mol. The zero-order valence-corrected chi connectivity index (χ0v) is 9.63. The molecule has 1 aromatic carbocycles. The van der Waals surface area contributed by atoms with Gasteiger partial charge in [0.2, 0.25) is 0 Å². The van der Waals surface area contributed by atoms with Crippen molar-refractivity contribution in [1.29, 1.82) is 0 Å². The van der Waals surface area contributed by atoms with Crippen LogP contribution in [0.1, 0.15) is 5.56 Å². The summed E-state index contributed by atoms with van der Waals surface area (Å²) in [4.78, 5) is 4.43. The summed E-state index contributed by atoms with van der Waals surface area (Å²) in [5.74, 6) is 2.74. The lowest BCUT2D eigenvalue weighted by molar-refractivity contribution is 0.402. The van der Waals surface area contributed by atoms with Gasteiger partial charge in [-0.25, -0.2) is 0 Å². The Balaban J connectivity index is 2.41. The number of thioether (sulfide) groups is 1. The fraction of sp³-hybridized carbons (Fsp3) is 0.364.